The van der Waals surface area contributed by atoms with Crippen LogP contribution in [-0.2, 0) is 4.79 Å². The Morgan fingerprint density at radius 2 is 1.81 bits per heavy atom. The summed E-state index contributed by atoms with van der Waals surface area (Å²) in [7, 11) is 0. The van der Waals surface area contributed by atoms with Crippen LogP contribution in [0.1, 0.15) is 40.5 Å². The van der Waals surface area contributed by atoms with Crippen molar-refractivity contribution in [1.82, 2.24) is 15.1 Å². The lowest BCUT2D eigenvalue weighted by Gasteiger charge is -2.33. The minimum Gasteiger partial charge on any atom is -0.481 e. The van der Waals surface area contributed by atoms with Crippen molar-refractivity contribution >= 4 is 28.8 Å². The molecule has 0 radical (unpaired) electrons. The van der Waals surface area contributed by atoms with E-state index < -0.39 is 6.10 Å². The molecule has 31 heavy (non-hydrogen) atoms. The van der Waals surface area contributed by atoms with E-state index >= 15 is 0 Å². The van der Waals surface area contributed by atoms with E-state index in [2.05, 4.69) is 15.5 Å². The summed E-state index contributed by atoms with van der Waals surface area (Å²) in [5, 5.41) is 12.3. The first-order chi connectivity index (χ1) is 15.1. The molecule has 1 fully saturated rings. The monoisotopic (exact) mass is 436 g/mol. The SMILES string of the molecule is CC(Oc1ccccc1)C(=O)N1CCCC(c2nnc(C(=O)Nc3ccccc3)s2)C1. The maximum absolute atomic E-state index is 12.9. The number of para-hydroxylation sites is 2. The molecule has 160 valence electrons. The summed E-state index contributed by atoms with van der Waals surface area (Å²) in [4.78, 5) is 27.2. The van der Waals surface area contributed by atoms with E-state index in [1.807, 2.05) is 65.6 Å². The molecular weight excluding hydrogens is 412 g/mol. The molecule has 2 heterocycles. The van der Waals surface area contributed by atoms with Crippen LogP contribution in [0.4, 0.5) is 5.69 Å². The van der Waals surface area contributed by atoms with Gasteiger partial charge in [0.1, 0.15) is 10.8 Å². The molecule has 4 rings (SSSR count). The van der Waals surface area contributed by atoms with Gasteiger partial charge in [0.15, 0.2) is 6.10 Å². The molecule has 2 atom stereocenters. The molecule has 3 aromatic rings. The smallest absolute Gasteiger partial charge is 0.286 e. The first kappa shape index (κ1) is 21.0. The Labute approximate surface area is 185 Å². The largest absolute Gasteiger partial charge is 0.481 e. The Morgan fingerprint density at radius 1 is 1.10 bits per heavy atom. The van der Waals surface area contributed by atoms with Gasteiger partial charge >= 0.3 is 0 Å². The highest BCUT2D eigenvalue weighted by Crippen LogP contribution is 2.30. The van der Waals surface area contributed by atoms with E-state index in [0.717, 1.165) is 17.8 Å². The van der Waals surface area contributed by atoms with Gasteiger partial charge < -0.3 is 15.0 Å². The summed E-state index contributed by atoms with van der Waals surface area (Å²) in [5.41, 5.74) is 0.714. The van der Waals surface area contributed by atoms with Gasteiger partial charge in [-0.05, 0) is 44.0 Å². The number of hydrogen-bond acceptors (Lipinski definition) is 6. The molecule has 0 spiro atoms. The lowest BCUT2D eigenvalue weighted by atomic mass is 9.98. The highest BCUT2D eigenvalue weighted by molar-refractivity contribution is 7.13. The maximum Gasteiger partial charge on any atom is 0.286 e. The predicted molar refractivity (Wildman–Crippen MR) is 119 cm³/mol. The van der Waals surface area contributed by atoms with Gasteiger partial charge in [-0.2, -0.15) is 0 Å². The number of likely N-dealkylation sites (tertiary alicyclic amines) is 1. The van der Waals surface area contributed by atoms with Crippen LogP contribution in [0, 0.1) is 0 Å². The van der Waals surface area contributed by atoms with Crippen LogP contribution in [0.2, 0.25) is 0 Å². The number of piperidine rings is 1. The molecule has 1 aromatic heterocycles. The maximum atomic E-state index is 12.9. The summed E-state index contributed by atoms with van der Waals surface area (Å²) < 4.78 is 5.79. The zero-order valence-electron chi connectivity index (χ0n) is 17.2. The Bertz CT molecular complexity index is 1030. The van der Waals surface area contributed by atoms with Crippen LogP contribution in [0.25, 0.3) is 0 Å². The quantitative estimate of drug-likeness (QED) is 0.632. The minimum absolute atomic E-state index is 0.0416. The second-order valence-electron chi connectivity index (χ2n) is 7.46. The predicted octanol–water partition coefficient (Wildman–Crippen LogP) is 3.96. The van der Waals surface area contributed by atoms with Crippen molar-refractivity contribution in [3.63, 3.8) is 0 Å². The minimum atomic E-state index is -0.567. The van der Waals surface area contributed by atoms with Crippen LogP contribution in [0.15, 0.2) is 60.7 Å². The topological polar surface area (TPSA) is 84.4 Å². The second-order valence-corrected chi connectivity index (χ2v) is 8.47. The third-order valence-electron chi connectivity index (χ3n) is 5.15. The summed E-state index contributed by atoms with van der Waals surface area (Å²) in [5.74, 6) is 0.427. The van der Waals surface area contributed by atoms with Crippen LogP contribution in [0.3, 0.4) is 0 Å². The normalized spacial score (nSPS) is 17.1. The van der Waals surface area contributed by atoms with E-state index in [-0.39, 0.29) is 17.7 Å². The van der Waals surface area contributed by atoms with Crippen LogP contribution < -0.4 is 10.1 Å². The van der Waals surface area contributed by atoms with E-state index in [1.165, 1.54) is 11.3 Å². The highest BCUT2D eigenvalue weighted by Gasteiger charge is 2.30. The number of anilines is 1. The average Bonchev–Trinajstić information content (AvgIpc) is 3.31. The first-order valence-corrected chi connectivity index (χ1v) is 11.1. The summed E-state index contributed by atoms with van der Waals surface area (Å²) in [6, 6.07) is 18.6. The van der Waals surface area contributed by atoms with Crippen LogP contribution >= 0.6 is 11.3 Å². The van der Waals surface area contributed by atoms with Crippen molar-refractivity contribution in [3.05, 3.63) is 70.7 Å². The fraction of sp³-hybridized carbons (Fsp3) is 0.304. The molecule has 0 aliphatic carbocycles. The number of carbonyl (C=O) groups is 2. The third kappa shape index (κ3) is 5.27. The standard InChI is InChI=1S/C23H24N4O3S/c1-16(30-19-12-6-3-7-13-19)23(29)27-14-8-9-17(15-27)21-25-26-22(31-21)20(28)24-18-10-4-2-5-11-18/h2-7,10-13,16-17H,8-9,14-15H2,1H3,(H,24,28). The van der Waals surface area contributed by atoms with E-state index in [0.29, 0.717) is 29.5 Å². The van der Waals surface area contributed by atoms with Crippen molar-refractivity contribution in [3.8, 4) is 5.75 Å². The zero-order chi connectivity index (χ0) is 21.6. The van der Waals surface area contributed by atoms with Gasteiger partial charge in [-0.25, -0.2) is 0 Å². The number of amides is 2. The van der Waals surface area contributed by atoms with E-state index in [1.54, 1.807) is 6.92 Å². The van der Waals surface area contributed by atoms with Crippen molar-refractivity contribution in [2.24, 2.45) is 0 Å². The van der Waals surface area contributed by atoms with Gasteiger partial charge in [0, 0.05) is 24.7 Å². The third-order valence-corrected chi connectivity index (χ3v) is 6.24. The molecule has 2 unspecified atom stereocenters. The molecule has 8 heteroatoms. The number of hydrogen-bond donors (Lipinski definition) is 1. The van der Waals surface area contributed by atoms with Crippen molar-refractivity contribution in [1.29, 1.82) is 0 Å². The second kappa shape index (κ2) is 9.70. The Balaban J connectivity index is 1.37. The lowest BCUT2D eigenvalue weighted by molar-refractivity contribution is -0.139. The fourth-order valence-electron chi connectivity index (χ4n) is 3.59. The van der Waals surface area contributed by atoms with Crippen LogP contribution in [-0.4, -0.2) is 46.1 Å². The van der Waals surface area contributed by atoms with Crippen molar-refractivity contribution in [2.75, 3.05) is 18.4 Å². The van der Waals surface area contributed by atoms with E-state index in [4.69, 9.17) is 4.74 Å². The van der Waals surface area contributed by atoms with Gasteiger partial charge in [0.25, 0.3) is 11.8 Å². The van der Waals surface area contributed by atoms with Crippen molar-refractivity contribution in [2.45, 2.75) is 31.8 Å². The number of benzene rings is 2. The molecule has 7 nitrogen and oxygen atoms in total. The molecule has 1 aliphatic heterocycles. The molecule has 1 N–H and O–H groups in total. The molecule has 1 saturated heterocycles. The number of nitrogens with one attached hydrogen (secondary N) is 1. The number of rotatable bonds is 6. The molecular formula is C23H24N4O3S. The average molecular weight is 437 g/mol. The molecule has 0 saturated carbocycles. The Kier molecular flexibility index (Phi) is 6.57. The summed E-state index contributed by atoms with van der Waals surface area (Å²) >= 11 is 1.29. The van der Waals surface area contributed by atoms with Crippen LogP contribution in [0.5, 0.6) is 5.75 Å². The Hall–Kier alpha value is -3.26. The van der Waals surface area contributed by atoms with E-state index in [9.17, 15) is 9.59 Å². The van der Waals surface area contributed by atoms with Crippen molar-refractivity contribution < 1.29 is 14.3 Å². The van der Waals surface area contributed by atoms with Gasteiger partial charge in [-0.15, -0.1) is 10.2 Å². The summed E-state index contributed by atoms with van der Waals surface area (Å²) in [6.07, 6.45) is 1.22. The number of aromatic nitrogens is 2. The molecule has 2 aromatic carbocycles. The summed E-state index contributed by atoms with van der Waals surface area (Å²) in [6.45, 7) is 3.02. The molecule has 1 aliphatic rings. The van der Waals surface area contributed by atoms with Gasteiger partial charge in [0.05, 0.1) is 0 Å². The van der Waals surface area contributed by atoms with Gasteiger partial charge in [-0.3, -0.25) is 9.59 Å². The number of carbonyl (C=O) groups excluding carboxylic acids is 2. The van der Waals surface area contributed by atoms with Gasteiger partial charge in [0.2, 0.25) is 5.01 Å². The highest BCUT2D eigenvalue weighted by atomic mass is 32.1. The number of ether oxygens (including phenoxy) is 1. The molecule has 0 bridgehead atoms. The molecule has 2 amide bonds. The Morgan fingerprint density at radius 3 is 2.55 bits per heavy atom. The fourth-order valence-corrected chi connectivity index (χ4v) is 4.45. The lowest BCUT2D eigenvalue weighted by Crippen LogP contribution is -2.45. The van der Waals surface area contributed by atoms with Gasteiger partial charge in [-0.1, -0.05) is 47.7 Å². The first-order valence-electron chi connectivity index (χ1n) is 10.3. The number of nitrogens with zero attached hydrogens (tertiary/aromatic N) is 3. The zero-order valence-corrected chi connectivity index (χ0v) is 18.0.